The number of likely N-dealkylation sites (tertiary alicyclic amines) is 1. The second-order valence-electron chi connectivity index (χ2n) is 7.79. The van der Waals surface area contributed by atoms with Crippen LogP contribution in [0.25, 0.3) is 0 Å². The predicted octanol–water partition coefficient (Wildman–Crippen LogP) is 3.51. The molecule has 1 atom stereocenters. The van der Waals surface area contributed by atoms with Gasteiger partial charge in [-0.1, -0.05) is 30.3 Å². The lowest BCUT2D eigenvalue weighted by Crippen LogP contribution is -2.41. The highest BCUT2D eigenvalue weighted by Crippen LogP contribution is 2.36. The van der Waals surface area contributed by atoms with Crippen LogP contribution < -0.4 is 5.32 Å². The molecule has 0 bridgehead atoms. The summed E-state index contributed by atoms with van der Waals surface area (Å²) in [5, 5.41) is 3.19. The van der Waals surface area contributed by atoms with E-state index in [0.29, 0.717) is 12.0 Å². The van der Waals surface area contributed by atoms with Crippen LogP contribution in [0.1, 0.15) is 47.8 Å². The normalized spacial score (nSPS) is 20.8. The van der Waals surface area contributed by atoms with Gasteiger partial charge in [-0.15, -0.1) is 0 Å². The number of carbonyl (C=O) groups is 1. The molecule has 4 nitrogen and oxygen atoms in total. The number of hydrogen-bond acceptors (Lipinski definition) is 2. The summed E-state index contributed by atoms with van der Waals surface area (Å²) in [6.45, 7) is 4.17. The van der Waals surface area contributed by atoms with Gasteiger partial charge in [0.2, 0.25) is 0 Å². The van der Waals surface area contributed by atoms with Gasteiger partial charge in [0.1, 0.15) is 5.69 Å². The molecule has 4 heteroatoms. The molecule has 1 aromatic carbocycles. The first-order valence-electron chi connectivity index (χ1n) is 10.0. The smallest absolute Gasteiger partial charge is 0.267 e. The van der Waals surface area contributed by atoms with Crippen molar-refractivity contribution in [1.29, 1.82) is 0 Å². The number of carbonyl (C=O) groups excluding carboxylic acids is 1. The van der Waals surface area contributed by atoms with Crippen molar-refractivity contribution in [3.63, 3.8) is 0 Å². The van der Waals surface area contributed by atoms with Gasteiger partial charge in [-0.2, -0.15) is 0 Å². The van der Waals surface area contributed by atoms with Crippen molar-refractivity contribution >= 4 is 5.91 Å². The summed E-state index contributed by atoms with van der Waals surface area (Å²) >= 11 is 0. The Balaban J connectivity index is 1.24. The molecule has 1 saturated carbocycles. The molecular formula is C22H29N3O. The van der Waals surface area contributed by atoms with E-state index in [1.54, 1.807) is 0 Å². The molecular weight excluding hydrogens is 322 g/mol. The largest absolute Gasteiger partial charge is 0.350 e. The third-order valence-corrected chi connectivity index (χ3v) is 5.67. The second-order valence-corrected chi connectivity index (χ2v) is 7.79. The van der Waals surface area contributed by atoms with Gasteiger partial charge in [-0.05, 0) is 62.3 Å². The van der Waals surface area contributed by atoms with Crippen LogP contribution >= 0.6 is 0 Å². The first-order valence-corrected chi connectivity index (χ1v) is 10.0. The van der Waals surface area contributed by atoms with Gasteiger partial charge >= 0.3 is 0 Å². The van der Waals surface area contributed by atoms with E-state index < -0.39 is 0 Å². The Morgan fingerprint density at radius 3 is 2.73 bits per heavy atom. The van der Waals surface area contributed by atoms with Gasteiger partial charge in [-0.3, -0.25) is 4.79 Å². The zero-order chi connectivity index (χ0) is 17.8. The van der Waals surface area contributed by atoms with Crippen molar-refractivity contribution in [3.8, 4) is 0 Å². The zero-order valence-corrected chi connectivity index (χ0v) is 15.4. The van der Waals surface area contributed by atoms with Crippen LogP contribution in [-0.4, -0.2) is 41.6 Å². The molecule has 2 aliphatic rings. The van der Waals surface area contributed by atoms with Gasteiger partial charge < -0.3 is 14.8 Å². The Morgan fingerprint density at radius 2 is 1.92 bits per heavy atom. The third kappa shape index (κ3) is 4.36. The van der Waals surface area contributed by atoms with E-state index in [9.17, 15) is 4.79 Å². The molecule has 2 heterocycles. The van der Waals surface area contributed by atoms with Crippen LogP contribution in [0.2, 0.25) is 0 Å². The number of hydrogen-bond donors (Lipinski definition) is 1. The first-order chi connectivity index (χ1) is 12.8. The summed E-state index contributed by atoms with van der Waals surface area (Å²) in [6, 6.07) is 15.2. The average molecular weight is 351 g/mol. The summed E-state index contributed by atoms with van der Waals surface area (Å²) in [4.78, 5) is 15.1. The van der Waals surface area contributed by atoms with Crippen LogP contribution in [0, 0.1) is 5.92 Å². The lowest BCUT2D eigenvalue weighted by Gasteiger charge is -2.32. The summed E-state index contributed by atoms with van der Waals surface area (Å²) in [6.07, 6.45) is 7.99. The molecule has 2 fully saturated rings. The summed E-state index contributed by atoms with van der Waals surface area (Å²) in [7, 11) is 0. The van der Waals surface area contributed by atoms with Crippen molar-refractivity contribution in [2.45, 2.75) is 38.1 Å². The van der Waals surface area contributed by atoms with E-state index in [1.807, 2.05) is 18.3 Å². The highest BCUT2D eigenvalue weighted by Gasteiger charge is 2.27. The van der Waals surface area contributed by atoms with Crippen molar-refractivity contribution in [1.82, 2.24) is 14.8 Å². The topological polar surface area (TPSA) is 37.3 Å². The fourth-order valence-corrected chi connectivity index (χ4v) is 4.04. The highest BCUT2D eigenvalue weighted by atomic mass is 16.1. The van der Waals surface area contributed by atoms with Gasteiger partial charge in [-0.25, -0.2) is 0 Å². The molecule has 1 amide bonds. The Kier molecular flexibility index (Phi) is 5.40. The Morgan fingerprint density at radius 1 is 1.08 bits per heavy atom. The average Bonchev–Trinajstić information content (AvgIpc) is 3.42. The van der Waals surface area contributed by atoms with E-state index in [4.69, 9.17) is 0 Å². The molecule has 4 rings (SSSR count). The van der Waals surface area contributed by atoms with Crippen molar-refractivity contribution < 1.29 is 4.79 Å². The van der Waals surface area contributed by atoms with Gasteiger partial charge in [0, 0.05) is 31.9 Å². The maximum atomic E-state index is 12.5. The summed E-state index contributed by atoms with van der Waals surface area (Å²) in [5.74, 6) is 0.649. The maximum absolute atomic E-state index is 12.5. The summed E-state index contributed by atoms with van der Waals surface area (Å²) in [5.41, 5.74) is 2.23. The fourth-order valence-electron chi connectivity index (χ4n) is 4.04. The second kappa shape index (κ2) is 8.09. The minimum atomic E-state index is 0.0864. The highest BCUT2D eigenvalue weighted by molar-refractivity contribution is 5.92. The standard InChI is InChI=1S/C22H29N3O/c26-22(21-9-5-14-25(21)20-10-11-20)23-16-19-8-4-13-24(17-19)15-12-18-6-2-1-3-7-18/h1-3,5-7,9,14,19-20H,4,8,10-13,15-17H2,(H,23,26)/t19-/m1/s1. The SMILES string of the molecule is O=C(NC[C@H]1CCCN(CCc2ccccc2)C1)c1cccn1C1CC1. The molecule has 1 aliphatic heterocycles. The zero-order valence-electron chi connectivity index (χ0n) is 15.4. The number of aromatic nitrogens is 1. The third-order valence-electron chi connectivity index (χ3n) is 5.67. The fraction of sp³-hybridized carbons (Fsp3) is 0.500. The first kappa shape index (κ1) is 17.3. The molecule has 2 aromatic rings. The number of piperidine rings is 1. The number of nitrogens with one attached hydrogen (secondary N) is 1. The molecule has 0 spiro atoms. The van der Waals surface area contributed by atoms with Crippen LogP contribution in [0.5, 0.6) is 0 Å². The summed E-state index contributed by atoms with van der Waals surface area (Å²) < 4.78 is 2.14. The lowest BCUT2D eigenvalue weighted by atomic mass is 9.97. The monoisotopic (exact) mass is 351 g/mol. The van der Waals surface area contributed by atoms with Gasteiger partial charge in [0.15, 0.2) is 0 Å². The number of benzene rings is 1. The van der Waals surface area contributed by atoms with Crippen molar-refractivity contribution in [3.05, 3.63) is 59.9 Å². The van der Waals surface area contributed by atoms with E-state index >= 15 is 0 Å². The molecule has 138 valence electrons. The minimum Gasteiger partial charge on any atom is -0.350 e. The predicted molar refractivity (Wildman–Crippen MR) is 104 cm³/mol. The van der Waals surface area contributed by atoms with Gasteiger partial charge in [0.25, 0.3) is 5.91 Å². The molecule has 1 N–H and O–H groups in total. The number of rotatable bonds is 7. The van der Waals surface area contributed by atoms with E-state index in [2.05, 4.69) is 45.1 Å². The maximum Gasteiger partial charge on any atom is 0.267 e. The van der Waals surface area contributed by atoms with Crippen LogP contribution in [0.15, 0.2) is 48.7 Å². The number of nitrogens with zero attached hydrogens (tertiary/aromatic N) is 2. The quantitative estimate of drug-likeness (QED) is 0.829. The Hall–Kier alpha value is -2.07. The van der Waals surface area contributed by atoms with E-state index in [0.717, 1.165) is 31.7 Å². The van der Waals surface area contributed by atoms with Gasteiger partial charge in [0.05, 0.1) is 0 Å². The van der Waals surface area contributed by atoms with Crippen LogP contribution in [-0.2, 0) is 6.42 Å². The van der Waals surface area contributed by atoms with Crippen molar-refractivity contribution in [2.75, 3.05) is 26.2 Å². The lowest BCUT2D eigenvalue weighted by molar-refractivity contribution is 0.0923. The molecule has 1 saturated heterocycles. The van der Waals surface area contributed by atoms with Crippen LogP contribution in [0.4, 0.5) is 0 Å². The van der Waals surface area contributed by atoms with Crippen molar-refractivity contribution in [2.24, 2.45) is 5.92 Å². The Bertz CT molecular complexity index is 720. The minimum absolute atomic E-state index is 0.0864. The number of amides is 1. The van der Waals surface area contributed by atoms with E-state index in [-0.39, 0.29) is 5.91 Å². The molecule has 1 aromatic heterocycles. The molecule has 26 heavy (non-hydrogen) atoms. The Labute approximate surface area is 156 Å². The molecule has 0 unspecified atom stereocenters. The van der Waals surface area contributed by atoms with Crippen LogP contribution in [0.3, 0.4) is 0 Å². The molecule has 0 radical (unpaired) electrons. The van der Waals surface area contributed by atoms with E-state index in [1.165, 1.54) is 37.8 Å². The molecule has 1 aliphatic carbocycles.